The normalized spacial score (nSPS) is 36.6. The molecule has 2 fully saturated rings. The quantitative estimate of drug-likeness (QED) is 0.0928. The van der Waals surface area contributed by atoms with Gasteiger partial charge in [-0.05, 0) is 59.7 Å². The van der Waals surface area contributed by atoms with Crippen LogP contribution in [-0.2, 0) is 85.6 Å². The fraction of sp³-hybridized carbons (Fsp3) is 0.787. The second-order valence-corrected chi connectivity index (χ2v) is 17.6. The fourth-order valence-electron chi connectivity index (χ4n) is 9.01. The molecule has 0 aromatic carbocycles. The number of esters is 4. The van der Waals surface area contributed by atoms with Gasteiger partial charge in [-0.3, -0.25) is 33.7 Å². The van der Waals surface area contributed by atoms with Gasteiger partial charge in [0.05, 0.1) is 31.0 Å². The second kappa shape index (κ2) is 26.8. The first kappa shape index (κ1) is 56.7. The van der Waals surface area contributed by atoms with Crippen molar-refractivity contribution in [3.05, 3.63) is 23.8 Å². The van der Waals surface area contributed by atoms with Gasteiger partial charge in [-0.1, -0.05) is 38.5 Å². The summed E-state index contributed by atoms with van der Waals surface area (Å²) in [7, 11) is 9.33. The molecule has 0 aromatic rings. The number of allylic oxidation sites excluding steroid dienone is 3. The van der Waals surface area contributed by atoms with Crippen molar-refractivity contribution in [2.75, 3.05) is 49.1 Å². The van der Waals surface area contributed by atoms with Crippen molar-refractivity contribution < 1.29 is 85.6 Å². The number of carbonyl (C=O) groups excluding carboxylic acids is 6. The zero-order valence-electron chi connectivity index (χ0n) is 41.4. The summed E-state index contributed by atoms with van der Waals surface area (Å²) in [5.74, 6) is -6.18. The summed E-state index contributed by atoms with van der Waals surface area (Å²) in [4.78, 5) is 80.9. The Hall–Kier alpha value is -3.66. The highest BCUT2D eigenvalue weighted by atomic mass is 16.7. The standard InChI is InChI=1S/C47H75NO18/c1-16-36-33(23-59-46-45(58-15)44(57-14)42(28(6)60-46)63-30(8)50)19-24(2)17-18-34(52)25(3)20-32(21-38(55-12)56-13)40(26(4)35(53)22-37(54)65-36)66-47-43(64-31(9)51)39(48(10)11)41(27(5)61-47)62-29(7)49/h17-19,25-28,32-33,36,38-47H,16,20-23H2,1-15H3/b18-17+,24-19+/t25-,26+,27-,28-,32-,33-,36-,39+,40-,41-,42-,43-,44-,45-,46-,47+/m1/s1. The van der Waals surface area contributed by atoms with E-state index in [9.17, 15) is 28.8 Å². The Morgan fingerprint density at radius 2 is 1.32 bits per heavy atom. The van der Waals surface area contributed by atoms with E-state index in [1.807, 2.05) is 13.0 Å². The summed E-state index contributed by atoms with van der Waals surface area (Å²) in [5, 5.41) is 0. The van der Waals surface area contributed by atoms with Gasteiger partial charge in [0.25, 0.3) is 0 Å². The first-order chi connectivity index (χ1) is 31.1. The van der Waals surface area contributed by atoms with E-state index in [0.717, 1.165) is 0 Å². The molecule has 3 aliphatic heterocycles. The predicted octanol–water partition coefficient (Wildman–Crippen LogP) is 3.90. The van der Waals surface area contributed by atoms with Crippen molar-refractivity contribution in [2.24, 2.45) is 23.7 Å². The van der Waals surface area contributed by atoms with Crippen LogP contribution < -0.4 is 0 Å². The van der Waals surface area contributed by atoms with Crippen molar-refractivity contribution in [1.29, 1.82) is 0 Å². The topological polar surface area (TPSA) is 216 Å². The molecule has 376 valence electrons. The molecule has 16 atom stereocenters. The highest BCUT2D eigenvalue weighted by Crippen LogP contribution is 2.37. The van der Waals surface area contributed by atoms with E-state index < -0.39 is 140 Å². The first-order valence-electron chi connectivity index (χ1n) is 22.6. The van der Waals surface area contributed by atoms with Gasteiger partial charge in [-0.2, -0.15) is 0 Å². The SMILES string of the molecule is CC[C@H]1OC(=O)CC(=O)[C@H](C)[C@@H](O[C@@H]2O[C@H](C)[C@@H](OC(C)=O)[C@H](N(C)C)[C@H]2OC(C)=O)[C@@H](CC(OC)OC)C[C@@H](C)C(=O)/C=C/C(C)=C/[C@@H]1CO[C@@H]1O[C@H](C)[C@@H](OC(C)=O)[C@@H](OC)[C@H]1OC. The largest absolute Gasteiger partial charge is 0.461 e. The second-order valence-electron chi connectivity index (χ2n) is 17.6. The molecule has 0 radical (unpaired) electrons. The highest BCUT2D eigenvalue weighted by Gasteiger charge is 2.52. The summed E-state index contributed by atoms with van der Waals surface area (Å²) in [6.45, 7) is 14.2. The van der Waals surface area contributed by atoms with Crippen molar-refractivity contribution in [2.45, 2.75) is 168 Å². The lowest BCUT2D eigenvalue weighted by molar-refractivity contribution is -0.306. The van der Waals surface area contributed by atoms with Crippen molar-refractivity contribution >= 4 is 35.4 Å². The molecule has 0 N–H and O–H groups in total. The lowest BCUT2D eigenvalue weighted by Gasteiger charge is -2.48. The molecule has 0 aliphatic carbocycles. The first-order valence-corrected chi connectivity index (χ1v) is 22.6. The van der Waals surface area contributed by atoms with Crippen LogP contribution in [0.3, 0.4) is 0 Å². The van der Waals surface area contributed by atoms with Gasteiger partial charge in [-0.25, -0.2) is 0 Å². The van der Waals surface area contributed by atoms with Gasteiger partial charge < -0.3 is 56.8 Å². The average Bonchev–Trinajstić information content (AvgIpc) is 3.24. The molecule has 0 amide bonds. The van der Waals surface area contributed by atoms with Crippen molar-refractivity contribution in [3.8, 4) is 0 Å². The summed E-state index contributed by atoms with van der Waals surface area (Å²) in [5.41, 5.74) is 0.667. The monoisotopic (exact) mass is 941 g/mol. The number of ether oxygens (including phenoxy) is 12. The van der Waals surface area contributed by atoms with E-state index in [4.69, 9.17) is 56.8 Å². The van der Waals surface area contributed by atoms with Gasteiger partial charge in [0.2, 0.25) is 0 Å². The van der Waals surface area contributed by atoms with Crippen LogP contribution in [-0.4, -0.2) is 169 Å². The van der Waals surface area contributed by atoms with Crippen LogP contribution in [0.15, 0.2) is 23.8 Å². The number of likely N-dealkylation sites (N-methyl/N-ethyl adjacent to an activating group) is 1. The number of hydrogen-bond acceptors (Lipinski definition) is 19. The maximum Gasteiger partial charge on any atom is 0.313 e. The Kier molecular flexibility index (Phi) is 23.0. The van der Waals surface area contributed by atoms with Gasteiger partial charge in [0.15, 0.2) is 36.9 Å². The molecule has 19 nitrogen and oxygen atoms in total. The van der Waals surface area contributed by atoms with E-state index in [2.05, 4.69) is 0 Å². The number of nitrogens with zero attached hydrogens (tertiary/aromatic N) is 1. The molecule has 0 aromatic heterocycles. The number of carbonyl (C=O) groups is 6. The van der Waals surface area contributed by atoms with Gasteiger partial charge in [0.1, 0.15) is 36.6 Å². The Morgan fingerprint density at radius 1 is 0.758 bits per heavy atom. The number of hydrogen-bond donors (Lipinski definition) is 0. The third kappa shape index (κ3) is 15.7. The summed E-state index contributed by atoms with van der Waals surface area (Å²) < 4.78 is 71.5. The molecule has 2 saturated heterocycles. The molecule has 3 heterocycles. The van der Waals surface area contributed by atoms with E-state index in [1.54, 1.807) is 59.7 Å². The molecule has 19 heteroatoms. The number of cyclic esters (lactones) is 1. The minimum absolute atomic E-state index is 0.0507. The number of rotatable bonds is 16. The van der Waals surface area contributed by atoms with E-state index in [-0.39, 0.29) is 25.2 Å². The molecule has 0 saturated carbocycles. The molecular weight excluding hydrogens is 867 g/mol. The summed E-state index contributed by atoms with van der Waals surface area (Å²) in [6, 6.07) is -0.750. The lowest BCUT2D eigenvalue weighted by atomic mass is 9.79. The van der Waals surface area contributed by atoms with Crippen molar-refractivity contribution in [1.82, 2.24) is 4.90 Å². The van der Waals surface area contributed by atoms with Crippen LogP contribution in [0.25, 0.3) is 0 Å². The minimum Gasteiger partial charge on any atom is -0.461 e. The third-order valence-corrected chi connectivity index (χ3v) is 12.4. The zero-order valence-corrected chi connectivity index (χ0v) is 41.4. The van der Waals surface area contributed by atoms with Gasteiger partial charge in [-0.15, -0.1) is 0 Å². The third-order valence-electron chi connectivity index (χ3n) is 12.4. The Morgan fingerprint density at radius 3 is 1.86 bits per heavy atom. The van der Waals surface area contributed by atoms with E-state index >= 15 is 0 Å². The maximum absolute atomic E-state index is 14.4. The highest BCUT2D eigenvalue weighted by molar-refractivity contribution is 5.97. The van der Waals surface area contributed by atoms with Gasteiger partial charge in [0, 0.05) is 73.4 Å². The van der Waals surface area contributed by atoms with Crippen LogP contribution in [0.5, 0.6) is 0 Å². The maximum atomic E-state index is 14.4. The van der Waals surface area contributed by atoms with Crippen LogP contribution in [0.1, 0.15) is 88.0 Å². The lowest BCUT2D eigenvalue weighted by Crippen LogP contribution is -2.65. The Bertz CT molecular complexity index is 1680. The molecule has 66 heavy (non-hydrogen) atoms. The molecule has 3 rings (SSSR count). The summed E-state index contributed by atoms with van der Waals surface area (Å²) >= 11 is 0. The minimum atomic E-state index is -1.31. The zero-order chi connectivity index (χ0) is 49.6. The van der Waals surface area contributed by atoms with Crippen LogP contribution >= 0.6 is 0 Å². The number of methoxy groups -OCH3 is 4. The molecule has 0 spiro atoms. The van der Waals surface area contributed by atoms with Crippen LogP contribution in [0.4, 0.5) is 0 Å². The average molecular weight is 942 g/mol. The van der Waals surface area contributed by atoms with Crippen molar-refractivity contribution in [3.63, 3.8) is 0 Å². The van der Waals surface area contributed by atoms with Gasteiger partial charge >= 0.3 is 23.9 Å². The fourth-order valence-corrected chi connectivity index (χ4v) is 9.01. The van der Waals surface area contributed by atoms with Crippen LogP contribution in [0, 0.1) is 23.7 Å². The molecular formula is C47H75NO18. The smallest absolute Gasteiger partial charge is 0.313 e. The molecule has 0 bridgehead atoms. The van der Waals surface area contributed by atoms with E-state index in [0.29, 0.717) is 12.0 Å². The number of ketones is 2. The van der Waals surface area contributed by atoms with E-state index in [1.165, 1.54) is 55.3 Å². The Balaban J connectivity index is 2.09. The molecule has 0 unspecified atom stereocenters. The Labute approximate surface area is 389 Å². The van der Waals surface area contributed by atoms with Crippen LogP contribution in [0.2, 0.25) is 0 Å². The number of Topliss-reactive ketones (excluding diaryl/α,β-unsaturated/α-hetero) is 1. The summed E-state index contributed by atoms with van der Waals surface area (Å²) in [6.07, 6.45) is -5.75. The predicted molar refractivity (Wildman–Crippen MR) is 235 cm³/mol. The molecule has 3 aliphatic rings.